The Bertz CT molecular complexity index is 1430. The van der Waals surface area contributed by atoms with Crippen LogP contribution in [0, 0.1) is 11.7 Å². The van der Waals surface area contributed by atoms with Crippen molar-refractivity contribution >= 4 is 17.5 Å². The van der Waals surface area contributed by atoms with Gasteiger partial charge in [-0.1, -0.05) is 44.2 Å². The minimum Gasteiger partial charge on any atom is -0.339 e. The number of halogens is 1. The Balaban J connectivity index is 1.16. The lowest BCUT2D eigenvalue weighted by Crippen LogP contribution is -2.38. The predicted molar refractivity (Wildman–Crippen MR) is 152 cm³/mol. The molecule has 1 N–H and O–H groups in total. The van der Waals surface area contributed by atoms with Crippen molar-refractivity contribution in [3.05, 3.63) is 108 Å². The molecule has 0 saturated carbocycles. The zero-order valence-electron chi connectivity index (χ0n) is 22.6. The van der Waals surface area contributed by atoms with Gasteiger partial charge >= 0.3 is 0 Å². The molecule has 204 valence electrons. The van der Waals surface area contributed by atoms with Crippen LogP contribution in [-0.4, -0.2) is 44.8 Å². The second-order valence-corrected chi connectivity index (χ2v) is 10.5. The van der Waals surface area contributed by atoms with E-state index in [0.29, 0.717) is 36.1 Å². The first kappa shape index (κ1) is 27.1. The van der Waals surface area contributed by atoms with Crippen LogP contribution >= 0.6 is 0 Å². The quantitative estimate of drug-likeness (QED) is 0.309. The molecule has 8 heteroatoms. The van der Waals surface area contributed by atoms with Crippen LogP contribution in [0.3, 0.4) is 0 Å². The largest absolute Gasteiger partial charge is 0.339 e. The summed E-state index contributed by atoms with van der Waals surface area (Å²) >= 11 is 0. The molecule has 2 aromatic heterocycles. The van der Waals surface area contributed by atoms with Gasteiger partial charge in [-0.25, -0.2) is 14.4 Å². The van der Waals surface area contributed by atoms with Gasteiger partial charge in [0.05, 0.1) is 11.5 Å². The Hall–Kier alpha value is -4.46. The van der Waals surface area contributed by atoms with Gasteiger partial charge in [0.25, 0.3) is 5.91 Å². The van der Waals surface area contributed by atoms with E-state index in [1.165, 1.54) is 17.7 Å². The number of aromatic nitrogens is 3. The van der Waals surface area contributed by atoms with Crippen LogP contribution < -0.4 is 5.32 Å². The highest BCUT2D eigenvalue weighted by Gasteiger charge is 2.26. The number of rotatable bonds is 7. The zero-order valence-corrected chi connectivity index (χ0v) is 22.6. The molecular weight excluding hydrogens is 505 g/mol. The molecule has 3 heterocycles. The van der Waals surface area contributed by atoms with E-state index >= 15 is 0 Å². The minimum absolute atomic E-state index is 0.0583. The minimum atomic E-state index is -0.376. The molecule has 2 aromatic carbocycles. The van der Waals surface area contributed by atoms with Gasteiger partial charge in [0.1, 0.15) is 11.5 Å². The molecule has 1 aliphatic heterocycles. The molecule has 1 aliphatic rings. The van der Waals surface area contributed by atoms with Gasteiger partial charge in [-0.15, -0.1) is 0 Å². The van der Waals surface area contributed by atoms with Crippen LogP contribution in [0.4, 0.5) is 10.1 Å². The first-order valence-corrected chi connectivity index (χ1v) is 13.6. The van der Waals surface area contributed by atoms with E-state index in [9.17, 15) is 14.0 Å². The number of carbonyl (C=O) groups excluding carboxylic acids is 2. The number of likely N-dealkylation sites (tertiary alicyclic amines) is 1. The van der Waals surface area contributed by atoms with Crippen LogP contribution in [0.5, 0.6) is 0 Å². The summed E-state index contributed by atoms with van der Waals surface area (Å²) in [5, 5.41) is 3.02. The normalized spacial score (nSPS) is 14.7. The third-order valence-electron chi connectivity index (χ3n) is 7.40. The number of amides is 2. The second-order valence-electron chi connectivity index (χ2n) is 10.5. The van der Waals surface area contributed by atoms with E-state index in [0.717, 1.165) is 24.1 Å². The van der Waals surface area contributed by atoms with Crippen molar-refractivity contribution in [2.24, 2.45) is 5.92 Å². The maximum atomic E-state index is 13.4. The summed E-state index contributed by atoms with van der Waals surface area (Å²) in [6, 6.07) is 19.6. The molecular formula is C32H32FN5O2. The Morgan fingerprint density at radius 2 is 1.57 bits per heavy atom. The Morgan fingerprint density at radius 1 is 0.900 bits per heavy atom. The molecule has 0 unspecified atom stereocenters. The maximum Gasteiger partial charge on any atom is 0.256 e. The first-order valence-electron chi connectivity index (χ1n) is 13.6. The molecule has 1 fully saturated rings. The Morgan fingerprint density at radius 3 is 2.17 bits per heavy atom. The molecule has 7 nitrogen and oxygen atoms in total. The lowest BCUT2D eigenvalue weighted by molar-refractivity contribution is -0.118. The third kappa shape index (κ3) is 6.22. The van der Waals surface area contributed by atoms with Gasteiger partial charge in [-0.05, 0) is 72.2 Å². The molecule has 1 saturated heterocycles. The summed E-state index contributed by atoms with van der Waals surface area (Å²) in [7, 11) is 0. The molecule has 0 spiro atoms. The number of hydrogen-bond acceptors (Lipinski definition) is 5. The number of piperidine rings is 1. The number of nitrogens with one attached hydrogen (secondary N) is 1. The van der Waals surface area contributed by atoms with E-state index in [4.69, 9.17) is 0 Å². The highest BCUT2D eigenvalue weighted by Crippen LogP contribution is 2.31. The van der Waals surface area contributed by atoms with Crippen molar-refractivity contribution in [2.75, 3.05) is 18.4 Å². The van der Waals surface area contributed by atoms with Crippen LogP contribution in [-0.2, 0) is 4.79 Å². The van der Waals surface area contributed by atoms with E-state index in [2.05, 4.69) is 20.3 Å². The summed E-state index contributed by atoms with van der Waals surface area (Å²) < 4.78 is 13.4. The fourth-order valence-electron chi connectivity index (χ4n) is 5.23. The molecule has 5 rings (SSSR count). The fraction of sp³-hybridized carbons (Fsp3) is 0.281. The highest BCUT2D eigenvalue weighted by molar-refractivity contribution is 5.96. The standard InChI is InChI=1S/C32H32FN5O2/c1-21(2)29(24-6-10-26(33)11-7-24)31(39)37-27-12-8-22(9-13-27)23-14-17-38(18-15-23)32(40)25-19-35-30(36-20-25)28-5-3-4-16-34-28/h3-13,16,19-21,23,29H,14-15,17-18H2,1-2H3,(H,37,39)/t29-/m0/s1. The van der Waals surface area contributed by atoms with Gasteiger partial charge in [0, 0.05) is 37.4 Å². The van der Waals surface area contributed by atoms with Gasteiger partial charge in [0.15, 0.2) is 5.82 Å². The second kappa shape index (κ2) is 12.2. The number of benzene rings is 2. The monoisotopic (exact) mass is 537 g/mol. The summed E-state index contributed by atoms with van der Waals surface area (Å²) in [5.41, 5.74) is 3.84. The molecule has 4 aromatic rings. The molecule has 0 radical (unpaired) electrons. The number of pyridine rings is 1. The van der Waals surface area contributed by atoms with Crippen molar-refractivity contribution < 1.29 is 14.0 Å². The average molecular weight is 538 g/mol. The van der Waals surface area contributed by atoms with Crippen molar-refractivity contribution in [1.29, 1.82) is 0 Å². The lowest BCUT2D eigenvalue weighted by Gasteiger charge is -2.32. The average Bonchev–Trinajstić information content (AvgIpc) is 2.99. The number of hydrogen-bond donors (Lipinski definition) is 1. The topological polar surface area (TPSA) is 88.1 Å². The van der Waals surface area contributed by atoms with Crippen LogP contribution in [0.2, 0.25) is 0 Å². The van der Waals surface area contributed by atoms with Crippen LogP contribution in [0.1, 0.15) is 60.0 Å². The SMILES string of the molecule is CC(C)[C@H](C(=O)Nc1ccc(C2CCN(C(=O)c3cnc(-c4ccccn4)nc3)CC2)cc1)c1ccc(F)cc1. The van der Waals surface area contributed by atoms with Crippen molar-refractivity contribution in [1.82, 2.24) is 19.9 Å². The summed E-state index contributed by atoms with van der Waals surface area (Å²) in [6.45, 7) is 5.27. The van der Waals surface area contributed by atoms with E-state index in [1.54, 1.807) is 30.7 Å². The number of anilines is 1. The Labute approximate surface area is 233 Å². The predicted octanol–water partition coefficient (Wildman–Crippen LogP) is 6.08. The van der Waals surface area contributed by atoms with E-state index < -0.39 is 0 Å². The summed E-state index contributed by atoms with van der Waals surface area (Å²) in [6.07, 6.45) is 6.52. The van der Waals surface area contributed by atoms with Gasteiger partial charge in [-0.2, -0.15) is 0 Å². The first-order chi connectivity index (χ1) is 19.4. The molecule has 0 aliphatic carbocycles. The smallest absolute Gasteiger partial charge is 0.256 e. The Kier molecular flexibility index (Phi) is 8.24. The molecule has 0 bridgehead atoms. The summed E-state index contributed by atoms with van der Waals surface area (Å²) in [5.74, 6) is 0.0107. The van der Waals surface area contributed by atoms with Crippen molar-refractivity contribution in [3.8, 4) is 11.5 Å². The summed E-state index contributed by atoms with van der Waals surface area (Å²) in [4.78, 5) is 40.9. The lowest BCUT2D eigenvalue weighted by atomic mass is 9.87. The van der Waals surface area contributed by atoms with E-state index in [-0.39, 0.29) is 29.5 Å². The van der Waals surface area contributed by atoms with Crippen LogP contribution in [0.25, 0.3) is 11.5 Å². The van der Waals surface area contributed by atoms with E-state index in [1.807, 2.05) is 61.2 Å². The van der Waals surface area contributed by atoms with Crippen molar-refractivity contribution in [3.63, 3.8) is 0 Å². The fourth-order valence-corrected chi connectivity index (χ4v) is 5.23. The van der Waals surface area contributed by atoms with Crippen molar-refractivity contribution in [2.45, 2.75) is 38.5 Å². The molecule has 40 heavy (non-hydrogen) atoms. The van der Waals surface area contributed by atoms with Gasteiger partial charge in [0.2, 0.25) is 5.91 Å². The zero-order chi connectivity index (χ0) is 28.1. The molecule has 2 amide bonds. The third-order valence-corrected chi connectivity index (χ3v) is 7.40. The molecule has 1 atom stereocenters. The van der Waals surface area contributed by atoms with Crippen LogP contribution in [0.15, 0.2) is 85.3 Å². The number of carbonyl (C=O) groups is 2. The van der Waals surface area contributed by atoms with Gasteiger partial charge < -0.3 is 10.2 Å². The number of nitrogens with zero attached hydrogens (tertiary/aromatic N) is 4. The van der Waals surface area contributed by atoms with Gasteiger partial charge in [-0.3, -0.25) is 14.6 Å². The highest BCUT2D eigenvalue weighted by atomic mass is 19.1. The maximum absolute atomic E-state index is 13.4.